The van der Waals surface area contributed by atoms with E-state index in [9.17, 15) is 4.79 Å². The number of hydrogen-bond acceptors (Lipinski definition) is 3. The van der Waals surface area contributed by atoms with Crippen LogP contribution in [0.1, 0.15) is 39.0 Å². The number of aliphatic hydroxyl groups is 1. The predicted molar refractivity (Wildman–Crippen MR) is 71.9 cm³/mol. The van der Waals surface area contributed by atoms with E-state index >= 15 is 0 Å². The number of rotatable bonds is 5. The topological polar surface area (TPSA) is 52.6 Å². The monoisotopic (exact) mass is 258 g/mol. The number of carbonyl (C=O) groups excluding carboxylic acids is 1. The van der Waals surface area contributed by atoms with Gasteiger partial charge in [0, 0.05) is 0 Å². The van der Waals surface area contributed by atoms with E-state index < -0.39 is 0 Å². The molecule has 0 aliphatic heterocycles. The summed E-state index contributed by atoms with van der Waals surface area (Å²) in [5.74, 6) is 0. The molecule has 1 unspecified atom stereocenters. The van der Waals surface area contributed by atoms with Gasteiger partial charge in [0.25, 0.3) is 0 Å². The van der Waals surface area contributed by atoms with Gasteiger partial charge in [-0.1, -0.05) is 37.8 Å². The van der Waals surface area contributed by atoms with Crippen molar-refractivity contribution in [3.8, 4) is 0 Å². The summed E-state index contributed by atoms with van der Waals surface area (Å²) in [5, 5.41) is 11.7. The number of aliphatic hydroxyl groups excluding tert-OH is 1. The minimum Gasteiger partial charge on any atom is -0.394 e. The van der Waals surface area contributed by atoms with E-state index in [1.54, 1.807) is 0 Å². The van der Waals surface area contributed by atoms with Gasteiger partial charge >= 0.3 is 6.03 Å². The molecule has 4 nitrogen and oxygen atoms in total. The van der Waals surface area contributed by atoms with Gasteiger partial charge in [-0.15, -0.1) is 0 Å². The van der Waals surface area contributed by atoms with Crippen molar-refractivity contribution in [3.63, 3.8) is 0 Å². The Bertz CT molecular complexity index is 282. The SMILES string of the molecule is CCCC1=CCCCC1NC(=O)N(S)CCO. The first-order chi connectivity index (χ1) is 8.19. The number of nitrogens with one attached hydrogen (secondary N) is 1. The molecule has 0 fully saturated rings. The molecule has 0 saturated carbocycles. The summed E-state index contributed by atoms with van der Waals surface area (Å²) in [5.41, 5.74) is 1.33. The van der Waals surface area contributed by atoms with Crippen LogP contribution in [0.15, 0.2) is 11.6 Å². The van der Waals surface area contributed by atoms with E-state index in [2.05, 4.69) is 31.1 Å². The van der Waals surface area contributed by atoms with Crippen LogP contribution in [0.5, 0.6) is 0 Å². The smallest absolute Gasteiger partial charge is 0.327 e. The Morgan fingerprint density at radius 1 is 1.71 bits per heavy atom. The zero-order chi connectivity index (χ0) is 12.7. The van der Waals surface area contributed by atoms with E-state index in [-0.39, 0.29) is 25.2 Å². The lowest BCUT2D eigenvalue weighted by Crippen LogP contribution is -2.43. The third-order valence-electron chi connectivity index (χ3n) is 2.93. The molecular formula is C12H22N2O2S. The summed E-state index contributed by atoms with van der Waals surface area (Å²) in [6, 6.07) is -0.0826. The lowest BCUT2D eigenvalue weighted by atomic mass is 9.91. The van der Waals surface area contributed by atoms with Crippen LogP contribution >= 0.6 is 12.8 Å². The molecule has 1 aliphatic rings. The highest BCUT2D eigenvalue weighted by Crippen LogP contribution is 2.22. The molecule has 0 spiro atoms. The summed E-state index contributed by atoms with van der Waals surface area (Å²) in [7, 11) is 0. The number of nitrogens with zero attached hydrogens (tertiary/aromatic N) is 1. The Balaban J connectivity index is 2.51. The average Bonchev–Trinajstić information content (AvgIpc) is 2.32. The fourth-order valence-corrected chi connectivity index (χ4v) is 2.23. The highest BCUT2D eigenvalue weighted by atomic mass is 32.1. The highest BCUT2D eigenvalue weighted by molar-refractivity contribution is 7.78. The molecule has 0 aromatic heterocycles. The van der Waals surface area contributed by atoms with Gasteiger partial charge in [-0.05, 0) is 25.7 Å². The van der Waals surface area contributed by atoms with Crippen LogP contribution in [-0.4, -0.2) is 34.6 Å². The Labute approximate surface area is 109 Å². The van der Waals surface area contributed by atoms with Crippen LogP contribution in [0.4, 0.5) is 4.79 Å². The molecule has 2 N–H and O–H groups in total. The largest absolute Gasteiger partial charge is 0.394 e. The van der Waals surface area contributed by atoms with Crippen molar-refractivity contribution in [2.45, 2.75) is 45.1 Å². The summed E-state index contributed by atoms with van der Waals surface area (Å²) < 4.78 is 1.22. The second kappa shape index (κ2) is 7.61. The summed E-state index contributed by atoms with van der Waals surface area (Å²) in [4.78, 5) is 11.8. The van der Waals surface area contributed by atoms with E-state index in [1.165, 1.54) is 9.88 Å². The molecule has 0 aromatic rings. The Kier molecular flexibility index (Phi) is 6.44. The van der Waals surface area contributed by atoms with Gasteiger partial charge in [0.15, 0.2) is 0 Å². The number of carbonyl (C=O) groups is 1. The number of hydrogen-bond donors (Lipinski definition) is 3. The zero-order valence-corrected chi connectivity index (χ0v) is 11.2. The zero-order valence-electron chi connectivity index (χ0n) is 10.4. The van der Waals surface area contributed by atoms with E-state index in [1.807, 2.05) is 0 Å². The van der Waals surface area contributed by atoms with E-state index in [0.29, 0.717) is 0 Å². The normalized spacial score (nSPS) is 19.7. The van der Waals surface area contributed by atoms with Crippen LogP contribution in [-0.2, 0) is 0 Å². The third kappa shape index (κ3) is 4.60. The van der Waals surface area contributed by atoms with Gasteiger partial charge in [-0.25, -0.2) is 4.79 Å². The van der Waals surface area contributed by atoms with Crippen molar-refractivity contribution in [2.24, 2.45) is 0 Å². The van der Waals surface area contributed by atoms with Crippen molar-refractivity contribution in [3.05, 3.63) is 11.6 Å². The van der Waals surface area contributed by atoms with Crippen LogP contribution in [0, 0.1) is 0 Å². The standard InChI is InChI=1S/C12H22N2O2S/c1-2-5-10-6-3-4-7-11(10)13-12(16)14(17)8-9-15/h6,11,15,17H,2-5,7-9H2,1H3,(H,13,16). The molecule has 5 heteroatoms. The maximum absolute atomic E-state index is 11.8. The molecule has 0 aromatic carbocycles. The van der Waals surface area contributed by atoms with Crippen molar-refractivity contribution in [1.82, 2.24) is 9.62 Å². The summed E-state index contributed by atoms with van der Waals surface area (Å²) >= 11 is 4.03. The van der Waals surface area contributed by atoms with Crippen molar-refractivity contribution in [1.29, 1.82) is 0 Å². The molecule has 1 aliphatic carbocycles. The van der Waals surface area contributed by atoms with Crippen LogP contribution in [0.2, 0.25) is 0 Å². The number of urea groups is 1. The molecule has 1 atom stereocenters. The fraction of sp³-hybridized carbons (Fsp3) is 0.750. The first-order valence-corrected chi connectivity index (χ1v) is 6.65. The van der Waals surface area contributed by atoms with Gasteiger partial charge in [0.1, 0.15) is 0 Å². The molecular weight excluding hydrogens is 236 g/mol. The van der Waals surface area contributed by atoms with Gasteiger partial charge in [0.2, 0.25) is 0 Å². The Hall–Kier alpha value is -0.680. The molecule has 2 amide bonds. The number of amides is 2. The lowest BCUT2D eigenvalue weighted by Gasteiger charge is -2.27. The minimum absolute atomic E-state index is 0.0702. The second-order valence-corrected chi connectivity index (χ2v) is 4.79. The van der Waals surface area contributed by atoms with Crippen molar-refractivity contribution < 1.29 is 9.90 Å². The van der Waals surface area contributed by atoms with Gasteiger partial charge < -0.3 is 10.4 Å². The minimum atomic E-state index is -0.226. The third-order valence-corrected chi connectivity index (χ3v) is 3.32. The van der Waals surface area contributed by atoms with Crippen molar-refractivity contribution in [2.75, 3.05) is 13.2 Å². The maximum atomic E-state index is 11.8. The number of thiol groups is 1. The van der Waals surface area contributed by atoms with Gasteiger partial charge in [-0.2, -0.15) is 0 Å². The Morgan fingerprint density at radius 2 is 2.47 bits per heavy atom. The predicted octanol–water partition coefficient (Wildman–Crippen LogP) is 2.11. The van der Waals surface area contributed by atoms with Crippen LogP contribution in [0.3, 0.4) is 0 Å². The fourth-order valence-electron chi connectivity index (χ4n) is 2.09. The second-order valence-electron chi connectivity index (χ2n) is 4.31. The quantitative estimate of drug-likeness (QED) is 0.522. The highest BCUT2D eigenvalue weighted by Gasteiger charge is 2.20. The first kappa shape index (κ1) is 14.4. The molecule has 1 rings (SSSR count). The molecule has 0 heterocycles. The van der Waals surface area contributed by atoms with E-state index in [4.69, 9.17) is 5.11 Å². The molecule has 17 heavy (non-hydrogen) atoms. The van der Waals surface area contributed by atoms with Gasteiger partial charge in [-0.3, -0.25) is 4.31 Å². The van der Waals surface area contributed by atoms with E-state index in [0.717, 1.165) is 32.1 Å². The number of allylic oxidation sites excluding steroid dienone is 1. The summed E-state index contributed by atoms with van der Waals surface area (Å²) in [6.45, 7) is 2.32. The molecule has 0 bridgehead atoms. The Morgan fingerprint density at radius 3 is 3.12 bits per heavy atom. The average molecular weight is 258 g/mol. The summed E-state index contributed by atoms with van der Waals surface area (Å²) in [6.07, 6.45) is 7.61. The molecule has 0 saturated heterocycles. The van der Waals surface area contributed by atoms with Crippen LogP contribution in [0.25, 0.3) is 0 Å². The van der Waals surface area contributed by atoms with Gasteiger partial charge in [0.05, 0.1) is 19.2 Å². The van der Waals surface area contributed by atoms with Crippen LogP contribution < -0.4 is 5.32 Å². The molecule has 98 valence electrons. The lowest BCUT2D eigenvalue weighted by molar-refractivity contribution is 0.210. The van der Waals surface area contributed by atoms with Crippen molar-refractivity contribution >= 4 is 18.8 Å². The molecule has 0 radical (unpaired) electrons. The first-order valence-electron chi connectivity index (χ1n) is 6.25. The maximum Gasteiger partial charge on any atom is 0.327 e.